The molecule has 0 amide bonds. The Bertz CT molecular complexity index is 1690. The van der Waals surface area contributed by atoms with Crippen LogP contribution in [0.4, 0.5) is 11.4 Å². The van der Waals surface area contributed by atoms with Crippen LogP contribution in [-0.4, -0.2) is 15.8 Å². The van der Waals surface area contributed by atoms with Gasteiger partial charge in [0.1, 0.15) is 17.3 Å². The average molecular weight is 455 g/mol. The second-order valence-corrected chi connectivity index (χ2v) is 8.21. The molecule has 5 heteroatoms. The highest BCUT2D eigenvalue weighted by molar-refractivity contribution is 6.09. The highest BCUT2D eigenvalue weighted by Crippen LogP contribution is 2.35. The topological polar surface area (TPSA) is 65.4 Å². The standard InChI is InChI=1S/C30H22N4O/c31-27-12-3-1-8-21(27)20-33-22-9-7-10-23(18-22)35-24-15-16-26-25-11-2-4-13-28(25)34(29(26)19-24)30-14-5-6-17-32-30/h1-20H,31H2. The Labute approximate surface area is 202 Å². The second-order valence-electron chi connectivity index (χ2n) is 8.21. The summed E-state index contributed by atoms with van der Waals surface area (Å²) in [5.41, 5.74) is 10.5. The van der Waals surface area contributed by atoms with E-state index in [1.807, 2.05) is 85.1 Å². The number of nitrogen functional groups attached to an aromatic ring is 1. The molecule has 0 saturated carbocycles. The van der Waals surface area contributed by atoms with Crippen LogP contribution in [0.2, 0.25) is 0 Å². The van der Waals surface area contributed by atoms with Crippen LogP contribution in [0.25, 0.3) is 27.6 Å². The fourth-order valence-corrected chi connectivity index (χ4v) is 4.28. The molecular formula is C30H22N4O. The third-order valence-electron chi connectivity index (χ3n) is 5.93. The lowest BCUT2D eigenvalue weighted by molar-refractivity contribution is 0.483. The molecule has 0 bridgehead atoms. The van der Waals surface area contributed by atoms with E-state index in [0.29, 0.717) is 11.4 Å². The van der Waals surface area contributed by atoms with Crippen LogP contribution in [-0.2, 0) is 0 Å². The maximum atomic E-state index is 6.26. The number of pyridine rings is 1. The van der Waals surface area contributed by atoms with Gasteiger partial charge in [-0.25, -0.2) is 4.98 Å². The minimum absolute atomic E-state index is 0.695. The largest absolute Gasteiger partial charge is 0.457 e. The van der Waals surface area contributed by atoms with Gasteiger partial charge < -0.3 is 10.5 Å². The van der Waals surface area contributed by atoms with Crippen molar-refractivity contribution in [2.24, 2.45) is 4.99 Å². The summed E-state index contributed by atoms with van der Waals surface area (Å²) in [6.45, 7) is 0. The van der Waals surface area contributed by atoms with E-state index in [-0.39, 0.29) is 0 Å². The van der Waals surface area contributed by atoms with Crippen molar-refractivity contribution in [1.82, 2.24) is 9.55 Å². The number of hydrogen-bond donors (Lipinski definition) is 1. The van der Waals surface area contributed by atoms with Crippen molar-refractivity contribution >= 4 is 39.4 Å². The van der Waals surface area contributed by atoms with E-state index in [0.717, 1.165) is 39.2 Å². The van der Waals surface area contributed by atoms with Crippen LogP contribution in [0.15, 0.2) is 120 Å². The molecule has 0 atom stereocenters. The first-order valence-corrected chi connectivity index (χ1v) is 11.4. The van der Waals surface area contributed by atoms with Gasteiger partial charge in [0, 0.05) is 46.6 Å². The highest BCUT2D eigenvalue weighted by Gasteiger charge is 2.13. The quantitative estimate of drug-likeness (QED) is 0.219. The molecule has 4 aromatic carbocycles. The van der Waals surface area contributed by atoms with Gasteiger partial charge >= 0.3 is 0 Å². The average Bonchev–Trinajstić information content (AvgIpc) is 3.22. The van der Waals surface area contributed by atoms with Gasteiger partial charge in [-0.2, -0.15) is 0 Å². The van der Waals surface area contributed by atoms with Gasteiger partial charge in [0.2, 0.25) is 0 Å². The molecular weight excluding hydrogens is 432 g/mol. The van der Waals surface area contributed by atoms with Crippen LogP contribution in [0.1, 0.15) is 5.56 Å². The zero-order valence-electron chi connectivity index (χ0n) is 18.9. The fourth-order valence-electron chi connectivity index (χ4n) is 4.28. The summed E-state index contributed by atoms with van der Waals surface area (Å²) in [7, 11) is 0. The van der Waals surface area contributed by atoms with Crippen LogP contribution < -0.4 is 10.5 Å². The molecule has 2 aromatic heterocycles. The molecule has 0 aliphatic heterocycles. The van der Waals surface area contributed by atoms with Crippen LogP contribution in [0.3, 0.4) is 0 Å². The zero-order chi connectivity index (χ0) is 23.6. The van der Waals surface area contributed by atoms with E-state index >= 15 is 0 Å². The smallest absolute Gasteiger partial charge is 0.137 e. The lowest BCUT2D eigenvalue weighted by Crippen LogP contribution is -1.96. The van der Waals surface area contributed by atoms with Crippen LogP contribution in [0, 0.1) is 0 Å². The molecule has 6 aromatic rings. The molecule has 6 rings (SSSR count). The molecule has 168 valence electrons. The van der Waals surface area contributed by atoms with Crippen molar-refractivity contribution in [2.45, 2.75) is 0 Å². The Morgan fingerprint density at radius 1 is 0.714 bits per heavy atom. The minimum atomic E-state index is 0.695. The van der Waals surface area contributed by atoms with Gasteiger partial charge in [0.25, 0.3) is 0 Å². The van der Waals surface area contributed by atoms with Crippen molar-refractivity contribution in [2.75, 3.05) is 5.73 Å². The number of aliphatic imine (C=N–C) groups is 1. The molecule has 0 aliphatic rings. The number of nitrogens with two attached hydrogens (primary N) is 1. The molecule has 2 N–H and O–H groups in total. The van der Waals surface area contributed by atoms with E-state index in [2.05, 4.69) is 44.9 Å². The molecule has 35 heavy (non-hydrogen) atoms. The maximum absolute atomic E-state index is 6.26. The Morgan fingerprint density at radius 2 is 1.51 bits per heavy atom. The molecule has 0 spiro atoms. The number of hydrogen-bond acceptors (Lipinski definition) is 4. The predicted molar refractivity (Wildman–Crippen MR) is 143 cm³/mol. The van der Waals surface area contributed by atoms with Crippen LogP contribution >= 0.6 is 0 Å². The summed E-state index contributed by atoms with van der Waals surface area (Å²) in [6.07, 6.45) is 3.58. The Hall–Kier alpha value is -4.90. The first-order chi connectivity index (χ1) is 17.3. The maximum Gasteiger partial charge on any atom is 0.137 e. The first-order valence-electron chi connectivity index (χ1n) is 11.4. The third kappa shape index (κ3) is 4.00. The number of rotatable bonds is 5. The highest BCUT2D eigenvalue weighted by atomic mass is 16.5. The normalized spacial score (nSPS) is 11.4. The Kier molecular flexibility index (Phi) is 5.20. The number of anilines is 1. The zero-order valence-corrected chi connectivity index (χ0v) is 18.9. The van der Waals surface area contributed by atoms with Crippen molar-refractivity contribution in [3.05, 3.63) is 121 Å². The SMILES string of the molecule is Nc1ccccc1C=Nc1cccc(Oc2ccc3c4ccccc4n(-c4ccccn4)c3c2)c1. The van der Waals surface area contributed by atoms with Crippen LogP contribution in [0.5, 0.6) is 11.5 Å². The van der Waals surface area contributed by atoms with E-state index < -0.39 is 0 Å². The van der Waals surface area contributed by atoms with Gasteiger partial charge in [-0.15, -0.1) is 0 Å². The molecule has 0 fully saturated rings. The summed E-state index contributed by atoms with van der Waals surface area (Å²) in [5, 5.41) is 2.33. The van der Waals surface area contributed by atoms with Gasteiger partial charge in [-0.1, -0.05) is 48.5 Å². The number of ether oxygens (including phenoxy) is 1. The van der Waals surface area contributed by atoms with Gasteiger partial charge in [-0.05, 0) is 48.5 Å². The number of para-hydroxylation sites is 2. The van der Waals surface area contributed by atoms with Crippen molar-refractivity contribution in [3.63, 3.8) is 0 Å². The number of fused-ring (bicyclic) bond motifs is 3. The van der Waals surface area contributed by atoms with Crippen molar-refractivity contribution in [1.29, 1.82) is 0 Å². The summed E-state index contributed by atoms with van der Waals surface area (Å²) in [6, 6.07) is 35.8. The lowest BCUT2D eigenvalue weighted by atomic mass is 10.1. The first kappa shape index (κ1) is 20.7. The Balaban J connectivity index is 1.37. The summed E-state index contributed by atoms with van der Waals surface area (Å²) in [4.78, 5) is 9.17. The van der Waals surface area contributed by atoms with E-state index in [1.54, 1.807) is 6.21 Å². The summed E-state index contributed by atoms with van der Waals surface area (Å²) < 4.78 is 8.43. The minimum Gasteiger partial charge on any atom is -0.457 e. The molecule has 0 unspecified atom stereocenters. The third-order valence-corrected chi connectivity index (χ3v) is 5.93. The van der Waals surface area contributed by atoms with E-state index in [1.165, 1.54) is 5.39 Å². The van der Waals surface area contributed by atoms with Gasteiger partial charge in [0.15, 0.2) is 0 Å². The monoisotopic (exact) mass is 454 g/mol. The molecule has 0 aliphatic carbocycles. The lowest BCUT2D eigenvalue weighted by Gasteiger charge is -2.09. The van der Waals surface area contributed by atoms with E-state index in [9.17, 15) is 0 Å². The number of aromatic nitrogens is 2. The Morgan fingerprint density at radius 3 is 2.40 bits per heavy atom. The number of benzene rings is 4. The van der Waals surface area contributed by atoms with Gasteiger partial charge in [-0.3, -0.25) is 9.56 Å². The molecule has 5 nitrogen and oxygen atoms in total. The van der Waals surface area contributed by atoms with Gasteiger partial charge in [0.05, 0.1) is 16.7 Å². The van der Waals surface area contributed by atoms with Crippen molar-refractivity contribution < 1.29 is 4.74 Å². The van der Waals surface area contributed by atoms with Crippen molar-refractivity contribution in [3.8, 4) is 17.3 Å². The molecule has 2 heterocycles. The van der Waals surface area contributed by atoms with E-state index in [4.69, 9.17) is 10.5 Å². The summed E-state index contributed by atoms with van der Waals surface area (Å²) in [5.74, 6) is 2.32. The summed E-state index contributed by atoms with van der Waals surface area (Å²) >= 11 is 0. The molecule has 0 radical (unpaired) electrons. The fraction of sp³-hybridized carbons (Fsp3) is 0. The molecule has 0 saturated heterocycles. The second kappa shape index (κ2) is 8.80. The number of nitrogens with zero attached hydrogens (tertiary/aromatic N) is 3. The predicted octanol–water partition coefficient (Wildman–Crippen LogP) is 7.30.